The molecule has 1 aliphatic heterocycles. The van der Waals surface area contributed by atoms with Crippen LogP contribution in [0.15, 0.2) is 30.5 Å². The van der Waals surface area contributed by atoms with Crippen LogP contribution in [0.25, 0.3) is 0 Å². The third-order valence-electron chi connectivity index (χ3n) is 4.93. The first kappa shape index (κ1) is 17.2. The lowest BCUT2D eigenvalue weighted by Gasteiger charge is -2.22. The van der Waals surface area contributed by atoms with Crippen LogP contribution in [-0.4, -0.2) is 40.6 Å². The Morgan fingerprint density at radius 1 is 1.27 bits per heavy atom. The molecule has 7 nitrogen and oxygen atoms in total. The molecule has 0 bridgehead atoms. The Bertz CT molecular complexity index is 750. The topological polar surface area (TPSA) is 81.1 Å². The standard InChI is InChI=1S/C19H25N5O2/c25-19(18-11-24(23-22-18)17-6-8-20-9-7-17)21-16-3-1-2-15(10-16)13-26-12-14-4-5-14/h1-3,10-11,14,17,20H,4-9,12-13H2,(H,21,25). The van der Waals surface area contributed by atoms with Crippen molar-refractivity contribution in [1.29, 1.82) is 0 Å². The zero-order valence-corrected chi connectivity index (χ0v) is 14.9. The molecular weight excluding hydrogens is 330 g/mol. The number of benzene rings is 1. The highest BCUT2D eigenvalue weighted by atomic mass is 16.5. The molecule has 1 amide bonds. The first-order valence-corrected chi connectivity index (χ1v) is 9.38. The molecule has 2 fully saturated rings. The van der Waals surface area contributed by atoms with Gasteiger partial charge in [0, 0.05) is 12.3 Å². The second kappa shape index (κ2) is 7.97. The van der Waals surface area contributed by atoms with E-state index >= 15 is 0 Å². The van der Waals surface area contributed by atoms with Gasteiger partial charge in [-0.05, 0) is 62.4 Å². The Kier molecular flexibility index (Phi) is 5.26. The van der Waals surface area contributed by atoms with Gasteiger partial charge in [-0.15, -0.1) is 5.10 Å². The number of nitrogens with one attached hydrogen (secondary N) is 2. The first-order chi connectivity index (χ1) is 12.8. The fourth-order valence-corrected chi connectivity index (χ4v) is 3.19. The summed E-state index contributed by atoms with van der Waals surface area (Å²) in [5.74, 6) is 0.515. The number of amides is 1. The summed E-state index contributed by atoms with van der Waals surface area (Å²) in [5, 5.41) is 14.4. The van der Waals surface area contributed by atoms with Crippen LogP contribution in [0.2, 0.25) is 0 Å². The highest BCUT2D eigenvalue weighted by molar-refractivity contribution is 6.02. The Morgan fingerprint density at radius 2 is 2.12 bits per heavy atom. The zero-order valence-electron chi connectivity index (χ0n) is 14.9. The van der Waals surface area contributed by atoms with Gasteiger partial charge >= 0.3 is 0 Å². The first-order valence-electron chi connectivity index (χ1n) is 9.38. The fraction of sp³-hybridized carbons (Fsp3) is 0.526. The van der Waals surface area contributed by atoms with Crippen molar-refractivity contribution < 1.29 is 9.53 Å². The maximum Gasteiger partial charge on any atom is 0.277 e. The van der Waals surface area contributed by atoms with E-state index in [-0.39, 0.29) is 5.91 Å². The maximum atomic E-state index is 12.5. The summed E-state index contributed by atoms with van der Waals surface area (Å²) in [6.45, 7) is 3.35. The molecule has 1 saturated carbocycles. The summed E-state index contributed by atoms with van der Waals surface area (Å²) in [7, 11) is 0. The third-order valence-corrected chi connectivity index (χ3v) is 4.93. The molecule has 0 unspecified atom stereocenters. The van der Waals surface area contributed by atoms with Gasteiger partial charge in [-0.3, -0.25) is 4.79 Å². The van der Waals surface area contributed by atoms with Crippen LogP contribution in [0, 0.1) is 5.92 Å². The molecule has 26 heavy (non-hydrogen) atoms. The molecule has 1 aromatic heterocycles. The van der Waals surface area contributed by atoms with E-state index in [2.05, 4.69) is 20.9 Å². The molecule has 0 radical (unpaired) electrons. The number of carbonyl (C=O) groups excluding carboxylic acids is 1. The van der Waals surface area contributed by atoms with E-state index in [1.165, 1.54) is 12.8 Å². The Hall–Kier alpha value is -2.25. The normalized spacial score (nSPS) is 18.0. The Labute approximate surface area is 153 Å². The quantitative estimate of drug-likeness (QED) is 0.797. The zero-order chi connectivity index (χ0) is 17.8. The number of nitrogens with zero attached hydrogens (tertiary/aromatic N) is 3. The Morgan fingerprint density at radius 3 is 2.92 bits per heavy atom. The second-order valence-corrected chi connectivity index (χ2v) is 7.18. The average molecular weight is 355 g/mol. The van der Waals surface area contributed by atoms with E-state index in [0.29, 0.717) is 18.3 Å². The molecule has 4 rings (SSSR count). The van der Waals surface area contributed by atoms with E-state index in [0.717, 1.165) is 49.7 Å². The lowest BCUT2D eigenvalue weighted by Crippen LogP contribution is -2.29. The highest BCUT2D eigenvalue weighted by Crippen LogP contribution is 2.29. The summed E-state index contributed by atoms with van der Waals surface area (Å²) >= 11 is 0. The van der Waals surface area contributed by atoms with Crippen molar-refractivity contribution in [2.75, 3.05) is 25.0 Å². The Balaban J connectivity index is 1.34. The minimum absolute atomic E-state index is 0.235. The largest absolute Gasteiger partial charge is 0.376 e. The molecule has 7 heteroatoms. The lowest BCUT2D eigenvalue weighted by molar-refractivity contribution is 0.102. The van der Waals surface area contributed by atoms with Gasteiger partial charge in [0.25, 0.3) is 5.91 Å². The molecule has 2 N–H and O–H groups in total. The van der Waals surface area contributed by atoms with Crippen molar-refractivity contribution in [3.8, 4) is 0 Å². The average Bonchev–Trinajstić information content (AvgIpc) is 3.35. The third kappa shape index (κ3) is 4.47. The number of rotatable bonds is 7. The van der Waals surface area contributed by atoms with E-state index < -0.39 is 0 Å². The predicted molar refractivity (Wildman–Crippen MR) is 97.9 cm³/mol. The second-order valence-electron chi connectivity index (χ2n) is 7.18. The van der Waals surface area contributed by atoms with E-state index in [1.807, 2.05) is 28.9 Å². The van der Waals surface area contributed by atoms with Crippen molar-refractivity contribution in [3.05, 3.63) is 41.7 Å². The molecule has 2 heterocycles. The summed E-state index contributed by atoms with van der Waals surface area (Å²) in [5.41, 5.74) is 2.15. The minimum atomic E-state index is -0.235. The SMILES string of the molecule is O=C(Nc1cccc(COCC2CC2)c1)c1cn(C2CCNCC2)nn1. The van der Waals surface area contributed by atoms with Crippen LogP contribution >= 0.6 is 0 Å². The van der Waals surface area contributed by atoms with Crippen LogP contribution < -0.4 is 10.6 Å². The summed E-state index contributed by atoms with van der Waals surface area (Å²) in [6, 6.07) is 8.08. The van der Waals surface area contributed by atoms with Crippen molar-refractivity contribution in [3.63, 3.8) is 0 Å². The van der Waals surface area contributed by atoms with Crippen LogP contribution in [0.5, 0.6) is 0 Å². The van der Waals surface area contributed by atoms with E-state index in [4.69, 9.17) is 4.74 Å². The van der Waals surface area contributed by atoms with Crippen LogP contribution in [0.4, 0.5) is 5.69 Å². The van der Waals surface area contributed by atoms with Crippen molar-refractivity contribution >= 4 is 11.6 Å². The number of ether oxygens (including phenoxy) is 1. The van der Waals surface area contributed by atoms with Crippen LogP contribution in [0.1, 0.15) is 47.8 Å². The molecule has 138 valence electrons. The number of piperidine rings is 1. The molecule has 2 aliphatic rings. The van der Waals surface area contributed by atoms with E-state index in [1.54, 1.807) is 6.20 Å². The predicted octanol–water partition coefficient (Wildman–Crippen LogP) is 2.38. The van der Waals surface area contributed by atoms with Crippen molar-refractivity contribution in [1.82, 2.24) is 20.3 Å². The molecule has 0 atom stereocenters. The molecule has 1 aliphatic carbocycles. The molecule has 2 aromatic rings. The summed E-state index contributed by atoms with van der Waals surface area (Å²) in [6.07, 6.45) is 6.33. The smallest absolute Gasteiger partial charge is 0.277 e. The molecular formula is C19H25N5O2. The van der Waals surface area contributed by atoms with Gasteiger partial charge in [-0.2, -0.15) is 0 Å². The number of anilines is 1. The number of hydrogen-bond acceptors (Lipinski definition) is 5. The number of hydrogen-bond donors (Lipinski definition) is 2. The monoisotopic (exact) mass is 355 g/mol. The van der Waals surface area contributed by atoms with E-state index in [9.17, 15) is 4.79 Å². The highest BCUT2D eigenvalue weighted by Gasteiger charge is 2.21. The fourth-order valence-electron chi connectivity index (χ4n) is 3.19. The number of aromatic nitrogens is 3. The maximum absolute atomic E-state index is 12.5. The van der Waals surface area contributed by atoms with Gasteiger partial charge in [-0.1, -0.05) is 17.3 Å². The van der Waals surface area contributed by atoms with Gasteiger partial charge in [-0.25, -0.2) is 4.68 Å². The summed E-state index contributed by atoms with van der Waals surface area (Å²) < 4.78 is 7.53. The minimum Gasteiger partial charge on any atom is -0.376 e. The van der Waals surface area contributed by atoms with Crippen LogP contribution in [0.3, 0.4) is 0 Å². The number of carbonyl (C=O) groups is 1. The van der Waals surface area contributed by atoms with Gasteiger partial charge in [0.05, 0.1) is 18.8 Å². The molecule has 0 spiro atoms. The van der Waals surface area contributed by atoms with Gasteiger partial charge in [0.2, 0.25) is 0 Å². The van der Waals surface area contributed by atoms with Gasteiger partial charge in [0.15, 0.2) is 5.69 Å². The summed E-state index contributed by atoms with van der Waals surface area (Å²) in [4.78, 5) is 12.5. The van der Waals surface area contributed by atoms with Gasteiger partial charge in [0.1, 0.15) is 0 Å². The lowest BCUT2D eigenvalue weighted by atomic mass is 10.1. The van der Waals surface area contributed by atoms with Crippen molar-refractivity contribution in [2.24, 2.45) is 5.92 Å². The van der Waals surface area contributed by atoms with Crippen LogP contribution in [-0.2, 0) is 11.3 Å². The van der Waals surface area contributed by atoms with Crippen molar-refractivity contribution in [2.45, 2.75) is 38.3 Å². The van der Waals surface area contributed by atoms with Gasteiger partial charge < -0.3 is 15.4 Å². The molecule has 1 saturated heterocycles. The molecule has 1 aromatic carbocycles.